The zero-order valence-electron chi connectivity index (χ0n) is 10.6. The summed E-state index contributed by atoms with van der Waals surface area (Å²) < 4.78 is 0. The molecule has 16 heavy (non-hydrogen) atoms. The van der Waals surface area contributed by atoms with Crippen molar-refractivity contribution >= 4 is 0 Å². The number of aliphatic hydroxyl groups excluding tert-OH is 1. The number of hydrogen-bond acceptors (Lipinski definition) is 2. The molecule has 1 aliphatic carbocycles. The zero-order chi connectivity index (χ0) is 12.1. The monoisotopic (exact) mass is 219 g/mol. The number of benzene rings is 1. The van der Waals surface area contributed by atoms with Crippen LogP contribution in [0.25, 0.3) is 0 Å². The third kappa shape index (κ3) is 1.66. The van der Waals surface area contributed by atoms with E-state index in [-0.39, 0.29) is 5.54 Å². The number of aryl methyl sites for hydroxylation is 2. The average molecular weight is 219 g/mol. The van der Waals surface area contributed by atoms with Gasteiger partial charge >= 0.3 is 0 Å². The first kappa shape index (κ1) is 11.6. The lowest BCUT2D eigenvalue weighted by Gasteiger charge is -2.24. The van der Waals surface area contributed by atoms with E-state index in [2.05, 4.69) is 33.8 Å². The molecule has 0 heterocycles. The summed E-state index contributed by atoms with van der Waals surface area (Å²) in [4.78, 5) is 0. The van der Waals surface area contributed by atoms with E-state index in [9.17, 15) is 5.11 Å². The number of hydrogen-bond donors (Lipinski definition) is 2. The molecule has 0 spiro atoms. The maximum absolute atomic E-state index is 10.4. The summed E-state index contributed by atoms with van der Waals surface area (Å²) in [6.45, 7) is 8.33. The Hall–Kier alpha value is -0.860. The highest BCUT2D eigenvalue weighted by atomic mass is 16.3. The van der Waals surface area contributed by atoms with Gasteiger partial charge in [0, 0.05) is 5.54 Å². The second-order valence-corrected chi connectivity index (χ2v) is 5.31. The highest BCUT2D eigenvalue weighted by molar-refractivity contribution is 5.46. The molecule has 1 atom stereocenters. The SMILES string of the molecule is Cc1cc(C)c(C)c(C(O)C2(N)CC2)c1C. The van der Waals surface area contributed by atoms with Crippen molar-refractivity contribution < 1.29 is 5.11 Å². The van der Waals surface area contributed by atoms with Crippen LogP contribution in [0.4, 0.5) is 0 Å². The van der Waals surface area contributed by atoms with Gasteiger partial charge in [0.05, 0.1) is 6.10 Å². The Labute approximate surface area is 97.5 Å². The summed E-state index contributed by atoms with van der Waals surface area (Å²) in [5.41, 5.74) is 11.6. The summed E-state index contributed by atoms with van der Waals surface area (Å²) >= 11 is 0. The topological polar surface area (TPSA) is 46.2 Å². The van der Waals surface area contributed by atoms with E-state index in [1.54, 1.807) is 0 Å². The van der Waals surface area contributed by atoms with Gasteiger partial charge in [-0.25, -0.2) is 0 Å². The Balaban J connectivity index is 2.54. The molecule has 0 aliphatic heterocycles. The van der Waals surface area contributed by atoms with Crippen molar-refractivity contribution in [1.29, 1.82) is 0 Å². The van der Waals surface area contributed by atoms with E-state index in [0.717, 1.165) is 18.4 Å². The molecule has 1 fully saturated rings. The molecule has 2 nitrogen and oxygen atoms in total. The van der Waals surface area contributed by atoms with Gasteiger partial charge in [-0.3, -0.25) is 0 Å². The maximum atomic E-state index is 10.4. The molecule has 2 heteroatoms. The zero-order valence-corrected chi connectivity index (χ0v) is 10.6. The third-order valence-corrected chi connectivity index (χ3v) is 4.07. The van der Waals surface area contributed by atoms with Gasteiger partial charge in [-0.1, -0.05) is 6.07 Å². The Kier molecular flexibility index (Phi) is 2.59. The van der Waals surface area contributed by atoms with Crippen molar-refractivity contribution in [3.63, 3.8) is 0 Å². The van der Waals surface area contributed by atoms with Gasteiger partial charge in [-0.05, 0) is 68.4 Å². The number of rotatable bonds is 2. The van der Waals surface area contributed by atoms with Gasteiger partial charge in [0.2, 0.25) is 0 Å². The summed E-state index contributed by atoms with van der Waals surface area (Å²) in [6, 6.07) is 2.18. The van der Waals surface area contributed by atoms with Crippen LogP contribution in [0.3, 0.4) is 0 Å². The van der Waals surface area contributed by atoms with Crippen LogP contribution in [0, 0.1) is 27.7 Å². The smallest absolute Gasteiger partial charge is 0.0974 e. The van der Waals surface area contributed by atoms with Crippen molar-refractivity contribution in [1.82, 2.24) is 0 Å². The summed E-state index contributed by atoms with van der Waals surface area (Å²) in [7, 11) is 0. The third-order valence-electron chi connectivity index (χ3n) is 4.07. The van der Waals surface area contributed by atoms with Gasteiger partial charge in [-0.2, -0.15) is 0 Å². The van der Waals surface area contributed by atoms with Gasteiger partial charge in [0.25, 0.3) is 0 Å². The van der Waals surface area contributed by atoms with E-state index in [0.29, 0.717) is 0 Å². The number of nitrogens with two attached hydrogens (primary N) is 1. The van der Waals surface area contributed by atoms with Crippen LogP contribution in [-0.2, 0) is 0 Å². The minimum absolute atomic E-state index is 0.365. The van der Waals surface area contributed by atoms with Crippen molar-refractivity contribution in [2.45, 2.75) is 52.2 Å². The first-order chi connectivity index (χ1) is 7.37. The largest absolute Gasteiger partial charge is 0.386 e. The van der Waals surface area contributed by atoms with Crippen LogP contribution < -0.4 is 5.73 Å². The fourth-order valence-corrected chi connectivity index (χ4v) is 2.36. The normalized spacial score (nSPS) is 19.6. The van der Waals surface area contributed by atoms with Gasteiger partial charge < -0.3 is 10.8 Å². The predicted molar refractivity (Wildman–Crippen MR) is 66.5 cm³/mol. The minimum Gasteiger partial charge on any atom is -0.386 e. The summed E-state index contributed by atoms with van der Waals surface area (Å²) in [6.07, 6.45) is 1.35. The Bertz CT molecular complexity index is 407. The lowest BCUT2D eigenvalue weighted by molar-refractivity contribution is 0.134. The second kappa shape index (κ2) is 3.57. The molecular formula is C14H21NO. The second-order valence-electron chi connectivity index (χ2n) is 5.31. The van der Waals surface area contributed by atoms with Crippen molar-refractivity contribution in [2.75, 3.05) is 0 Å². The molecule has 3 N–H and O–H groups in total. The molecular weight excluding hydrogens is 198 g/mol. The molecule has 2 rings (SSSR count). The van der Waals surface area contributed by atoms with E-state index in [4.69, 9.17) is 5.73 Å². The van der Waals surface area contributed by atoms with Crippen molar-refractivity contribution in [3.8, 4) is 0 Å². The van der Waals surface area contributed by atoms with Crippen molar-refractivity contribution in [3.05, 3.63) is 33.9 Å². The van der Waals surface area contributed by atoms with Crippen LogP contribution in [0.5, 0.6) is 0 Å². The van der Waals surface area contributed by atoms with Crippen LogP contribution in [-0.4, -0.2) is 10.6 Å². The molecule has 88 valence electrons. The van der Waals surface area contributed by atoms with Crippen LogP contribution in [0.15, 0.2) is 6.07 Å². The molecule has 1 aromatic rings. The van der Waals surface area contributed by atoms with Crippen LogP contribution >= 0.6 is 0 Å². The molecule has 0 amide bonds. The highest BCUT2D eigenvalue weighted by Crippen LogP contribution is 2.45. The predicted octanol–water partition coefficient (Wildman–Crippen LogP) is 2.44. The molecule has 1 unspecified atom stereocenters. The lowest BCUT2D eigenvalue weighted by atomic mass is 9.87. The summed E-state index contributed by atoms with van der Waals surface area (Å²) in [5, 5.41) is 10.4. The summed E-state index contributed by atoms with van der Waals surface area (Å²) in [5.74, 6) is 0. The first-order valence-corrected chi connectivity index (χ1v) is 5.91. The average Bonchev–Trinajstić information content (AvgIpc) is 2.95. The fraction of sp³-hybridized carbons (Fsp3) is 0.571. The maximum Gasteiger partial charge on any atom is 0.0974 e. The quantitative estimate of drug-likeness (QED) is 0.802. The molecule has 0 aromatic heterocycles. The Morgan fingerprint density at radius 1 is 1.12 bits per heavy atom. The Morgan fingerprint density at radius 3 is 1.94 bits per heavy atom. The number of aliphatic hydroxyl groups is 1. The van der Waals surface area contributed by atoms with Gasteiger partial charge in [-0.15, -0.1) is 0 Å². The standard InChI is InChI=1S/C14H21NO/c1-8-7-9(2)11(4)12(10(8)3)13(16)14(15)5-6-14/h7,13,16H,5-6,15H2,1-4H3. The van der Waals surface area contributed by atoms with E-state index in [1.165, 1.54) is 22.3 Å². The Morgan fingerprint density at radius 2 is 1.56 bits per heavy atom. The van der Waals surface area contributed by atoms with Crippen LogP contribution in [0.1, 0.15) is 46.8 Å². The van der Waals surface area contributed by atoms with Gasteiger partial charge in [0.15, 0.2) is 0 Å². The molecule has 1 saturated carbocycles. The van der Waals surface area contributed by atoms with Gasteiger partial charge in [0.1, 0.15) is 0 Å². The molecule has 0 radical (unpaired) electrons. The van der Waals surface area contributed by atoms with E-state index < -0.39 is 6.10 Å². The minimum atomic E-state index is -0.508. The highest BCUT2D eigenvalue weighted by Gasteiger charge is 2.46. The first-order valence-electron chi connectivity index (χ1n) is 5.91. The van der Waals surface area contributed by atoms with E-state index >= 15 is 0 Å². The molecule has 0 saturated heterocycles. The van der Waals surface area contributed by atoms with Crippen LogP contribution in [0.2, 0.25) is 0 Å². The molecule has 0 bridgehead atoms. The lowest BCUT2D eigenvalue weighted by Crippen LogP contribution is -2.31. The molecule has 1 aliphatic rings. The van der Waals surface area contributed by atoms with E-state index in [1.807, 2.05) is 0 Å². The fourth-order valence-electron chi connectivity index (χ4n) is 2.36. The molecule has 1 aromatic carbocycles. The van der Waals surface area contributed by atoms with Crippen molar-refractivity contribution in [2.24, 2.45) is 5.73 Å².